The van der Waals surface area contributed by atoms with Gasteiger partial charge in [-0.3, -0.25) is 0 Å². The molecule has 8 heteroatoms. The lowest BCUT2D eigenvalue weighted by Gasteiger charge is -2.08. The first kappa shape index (κ1) is 19.4. The highest BCUT2D eigenvalue weighted by molar-refractivity contribution is 9.10. The number of nitrogens with two attached hydrogens (primary N) is 1. The molecular formula is C17H20BrN3O3S. The molecule has 0 spiro atoms. The van der Waals surface area contributed by atoms with Gasteiger partial charge in [0.1, 0.15) is 0 Å². The zero-order valence-corrected chi connectivity index (χ0v) is 15.9. The van der Waals surface area contributed by atoms with Crippen LogP contribution in [0.2, 0.25) is 0 Å². The van der Waals surface area contributed by atoms with Crippen LogP contribution in [0.5, 0.6) is 0 Å². The summed E-state index contributed by atoms with van der Waals surface area (Å²) in [6.07, 6.45) is 1.35. The summed E-state index contributed by atoms with van der Waals surface area (Å²) >= 11 is 3.41. The average Bonchev–Trinajstić information content (AvgIpc) is 2.54. The summed E-state index contributed by atoms with van der Waals surface area (Å²) < 4.78 is 23.4. The molecule has 0 aromatic heterocycles. The van der Waals surface area contributed by atoms with Gasteiger partial charge in [0.15, 0.2) is 0 Å². The van der Waals surface area contributed by atoms with Gasteiger partial charge in [0.05, 0.1) is 4.90 Å². The summed E-state index contributed by atoms with van der Waals surface area (Å²) in [4.78, 5) is 11.8. The van der Waals surface area contributed by atoms with Crippen LogP contribution in [0.15, 0.2) is 57.9 Å². The Hall–Kier alpha value is -1.90. The topological polar surface area (TPSA) is 101 Å². The standard InChI is InChI=1S/C17H20BrN3O3S/c18-15-3-1-2-14(12-15)9-11-21-17(22)20-10-8-13-4-6-16(7-5-13)25(19,23)24/h1-7,12H,8-11H2,(H2,19,23,24)(H2,20,21,22). The summed E-state index contributed by atoms with van der Waals surface area (Å²) in [5.41, 5.74) is 2.06. The van der Waals surface area contributed by atoms with Gasteiger partial charge in [-0.05, 0) is 48.2 Å². The van der Waals surface area contributed by atoms with Gasteiger partial charge in [-0.15, -0.1) is 0 Å². The number of primary sulfonamides is 1. The molecule has 4 N–H and O–H groups in total. The van der Waals surface area contributed by atoms with E-state index < -0.39 is 10.0 Å². The molecule has 0 atom stereocenters. The molecule has 0 saturated heterocycles. The molecule has 2 aromatic rings. The predicted molar refractivity (Wildman–Crippen MR) is 101 cm³/mol. The second-order valence-corrected chi connectivity index (χ2v) is 7.98. The molecule has 0 heterocycles. The molecule has 2 aromatic carbocycles. The summed E-state index contributed by atoms with van der Waals surface area (Å²) in [6.45, 7) is 1.00. The number of nitrogens with one attached hydrogen (secondary N) is 2. The van der Waals surface area contributed by atoms with Crippen molar-refractivity contribution >= 4 is 32.0 Å². The first-order valence-corrected chi connectivity index (χ1v) is 10.1. The lowest BCUT2D eigenvalue weighted by molar-refractivity contribution is 0.241. The fraction of sp³-hybridized carbons (Fsp3) is 0.235. The van der Waals surface area contributed by atoms with E-state index in [1.807, 2.05) is 24.3 Å². The fourth-order valence-electron chi connectivity index (χ4n) is 2.24. The van der Waals surface area contributed by atoms with Crippen LogP contribution in [0.4, 0.5) is 4.79 Å². The van der Waals surface area contributed by atoms with E-state index in [9.17, 15) is 13.2 Å². The van der Waals surface area contributed by atoms with Crippen molar-refractivity contribution in [2.75, 3.05) is 13.1 Å². The molecule has 0 fully saturated rings. The Balaban J connectivity index is 1.68. The van der Waals surface area contributed by atoms with E-state index in [4.69, 9.17) is 5.14 Å². The third-order valence-corrected chi connectivity index (χ3v) is 4.96. The van der Waals surface area contributed by atoms with Crippen LogP contribution >= 0.6 is 15.9 Å². The molecule has 0 aliphatic heterocycles. The molecule has 134 valence electrons. The molecule has 0 aliphatic carbocycles. The van der Waals surface area contributed by atoms with E-state index in [1.54, 1.807) is 12.1 Å². The number of carbonyl (C=O) groups excluding carboxylic acids is 1. The number of carbonyl (C=O) groups is 1. The van der Waals surface area contributed by atoms with E-state index in [-0.39, 0.29) is 10.9 Å². The van der Waals surface area contributed by atoms with Crippen molar-refractivity contribution in [1.29, 1.82) is 0 Å². The molecule has 0 aliphatic rings. The Labute approximate surface area is 156 Å². The van der Waals surface area contributed by atoms with E-state index >= 15 is 0 Å². The third-order valence-electron chi connectivity index (χ3n) is 3.54. The van der Waals surface area contributed by atoms with Gasteiger partial charge in [0.2, 0.25) is 10.0 Å². The maximum Gasteiger partial charge on any atom is 0.314 e. The lowest BCUT2D eigenvalue weighted by atomic mass is 10.1. The Kier molecular flexibility index (Phi) is 6.98. The number of halogens is 1. The first-order chi connectivity index (χ1) is 11.8. The summed E-state index contributed by atoms with van der Waals surface area (Å²) in [5.74, 6) is 0. The zero-order valence-electron chi connectivity index (χ0n) is 13.5. The second-order valence-electron chi connectivity index (χ2n) is 5.50. The highest BCUT2D eigenvalue weighted by Crippen LogP contribution is 2.11. The van der Waals surface area contributed by atoms with Crippen molar-refractivity contribution in [3.63, 3.8) is 0 Å². The summed E-state index contributed by atoms with van der Waals surface area (Å²) in [7, 11) is -3.67. The minimum atomic E-state index is -3.67. The Morgan fingerprint density at radius 3 is 2.12 bits per heavy atom. The minimum absolute atomic E-state index is 0.0782. The molecule has 0 radical (unpaired) electrons. The Morgan fingerprint density at radius 2 is 1.56 bits per heavy atom. The molecule has 2 amide bonds. The van der Waals surface area contributed by atoms with Crippen molar-refractivity contribution in [2.45, 2.75) is 17.7 Å². The van der Waals surface area contributed by atoms with Gasteiger partial charge in [0.25, 0.3) is 0 Å². The van der Waals surface area contributed by atoms with E-state index in [2.05, 4.69) is 26.6 Å². The van der Waals surface area contributed by atoms with E-state index in [0.29, 0.717) is 19.5 Å². The normalized spacial score (nSPS) is 11.1. The monoisotopic (exact) mass is 425 g/mol. The number of benzene rings is 2. The Bertz CT molecular complexity index is 823. The van der Waals surface area contributed by atoms with Crippen LogP contribution in [0.25, 0.3) is 0 Å². The summed E-state index contributed by atoms with van der Waals surface area (Å²) in [6, 6.07) is 14.0. The van der Waals surface area contributed by atoms with E-state index in [0.717, 1.165) is 22.0 Å². The fourth-order valence-corrected chi connectivity index (χ4v) is 3.20. The van der Waals surface area contributed by atoms with Crippen molar-refractivity contribution in [1.82, 2.24) is 10.6 Å². The smallest absolute Gasteiger partial charge is 0.314 e. The average molecular weight is 426 g/mol. The van der Waals surface area contributed by atoms with Gasteiger partial charge in [-0.1, -0.05) is 40.2 Å². The number of urea groups is 1. The van der Waals surface area contributed by atoms with Crippen molar-refractivity contribution in [3.05, 3.63) is 64.1 Å². The highest BCUT2D eigenvalue weighted by Gasteiger charge is 2.06. The Morgan fingerprint density at radius 1 is 0.960 bits per heavy atom. The highest BCUT2D eigenvalue weighted by atomic mass is 79.9. The maximum absolute atomic E-state index is 11.7. The molecule has 6 nitrogen and oxygen atoms in total. The largest absolute Gasteiger partial charge is 0.338 e. The summed E-state index contributed by atoms with van der Waals surface area (Å²) in [5, 5.41) is 10.6. The van der Waals surface area contributed by atoms with Gasteiger partial charge < -0.3 is 10.6 Å². The van der Waals surface area contributed by atoms with Gasteiger partial charge in [-0.2, -0.15) is 0 Å². The minimum Gasteiger partial charge on any atom is -0.338 e. The van der Waals surface area contributed by atoms with Crippen LogP contribution in [0.3, 0.4) is 0 Å². The molecule has 25 heavy (non-hydrogen) atoms. The molecule has 0 bridgehead atoms. The zero-order chi connectivity index (χ0) is 18.3. The van der Waals surface area contributed by atoms with E-state index in [1.165, 1.54) is 12.1 Å². The van der Waals surface area contributed by atoms with Crippen molar-refractivity contribution in [2.24, 2.45) is 5.14 Å². The maximum atomic E-state index is 11.7. The van der Waals surface area contributed by atoms with Crippen LogP contribution in [-0.4, -0.2) is 27.5 Å². The number of sulfonamides is 1. The predicted octanol–water partition coefficient (Wildman–Crippen LogP) is 2.18. The van der Waals surface area contributed by atoms with Crippen LogP contribution in [0, 0.1) is 0 Å². The third kappa shape index (κ3) is 6.85. The van der Waals surface area contributed by atoms with Gasteiger partial charge in [0, 0.05) is 17.6 Å². The van der Waals surface area contributed by atoms with Gasteiger partial charge in [-0.25, -0.2) is 18.4 Å². The quantitative estimate of drug-likeness (QED) is 0.633. The lowest BCUT2D eigenvalue weighted by Crippen LogP contribution is -2.37. The van der Waals surface area contributed by atoms with Crippen molar-refractivity contribution < 1.29 is 13.2 Å². The molecular weight excluding hydrogens is 406 g/mol. The van der Waals surface area contributed by atoms with Crippen LogP contribution in [0.1, 0.15) is 11.1 Å². The van der Waals surface area contributed by atoms with Crippen LogP contribution in [-0.2, 0) is 22.9 Å². The number of hydrogen-bond donors (Lipinski definition) is 3. The second kappa shape index (κ2) is 8.98. The molecule has 2 rings (SSSR count). The molecule has 0 saturated carbocycles. The first-order valence-electron chi connectivity index (χ1n) is 7.72. The van der Waals surface area contributed by atoms with Crippen LogP contribution < -0.4 is 15.8 Å². The van der Waals surface area contributed by atoms with Gasteiger partial charge >= 0.3 is 6.03 Å². The SMILES string of the molecule is NS(=O)(=O)c1ccc(CCNC(=O)NCCc2cccc(Br)c2)cc1. The molecule has 0 unspecified atom stereocenters. The number of hydrogen-bond acceptors (Lipinski definition) is 3. The number of amides is 2. The van der Waals surface area contributed by atoms with Crippen molar-refractivity contribution in [3.8, 4) is 0 Å². The number of rotatable bonds is 7.